The molecule has 1 aliphatic rings. The molecule has 6 heteroatoms. The van der Waals surface area contributed by atoms with Crippen LogP contribution in [0.1, 0.15) is 25.7 Å². The van der Waals surface area contributed by atoms with Gasteiger partial charge in [0.25, 0.3) is 0 Å². The Hall–Kier alpha value is -2.11. The number of hydrogen-bond donors (Lipinski definition) is 3. The number of carbonyl (C=O) groups is 1. The zero-order chi connectivity index (χ0) is 14.5. The second kappa shape index (κ2) is 6.36. The molecule has 1 aromatic rings. The number of nitrogens with two attached hydrogens (primary N) is 2. The summed E-state index contributed by atoms with van der Waals surface area (Å²) in [6.45, 7) is 0. The highest BCUT2D eigenvalue weighted by Crippen LogP contribution is 2.30. The van der Waals surface area contributed by atoms with Crippen molar-refractivity contribution in [2.24, 2.45) is 5.73 Å². The fourth-order valence-electron chi connectivity index (χ4n) is 2.55. The molecule has 6 nitrogen and oxygen atoms in total. The van der Waals surface area contributed by atoms with Crippen LogP contribution in [-0.4, -0.2) is 25.3 Å². The van der Waals surface area contributed by atoms with Gasteiger partial charge < -0.3 is 26.3 Å². The van der Waals surface area contributed by atoms with Gasteiger partial charge in [-0.3, -0.25) is 0 Å². The predicted octanol–water partition coefficient (Wildman–Crippen LogP) is 2.10. The Morgan fingerprint density at radius 3 is 2.60 bits per heavy atom. The molecule has 0 saturated heterocycles. The van der Waals surface area contributed by atoms with E-state index in [0.717, 1.165) is 37.1 Å². The molecule has 0 heterocycles. The first kappa shape index (κ1) is 14.3. The monoisotopic (exact) mass is 279 g/mol. The quantitative estimate of drug-likeness (QED) is 0.733. The SMILES string of the molecule is COc1ccc(N)cc1NC1CCC(OC(N)=O)CC1. The van der Waals surface area contributed by atoms with Crippen LogP contribution in [-0.2, 0) is 4.74 Å². The summed E-state index contributed by atoms with van der Waals surface area (Å²) in [7, 11) is 1.63. The molecule has 0 unspecified atom stereocenters. The van der Waals surface area contributed by atoms with Crippen molar-refractivity contribution in [1.82, 2.24) is 0 Å². The number of ether oxygens (including phenoxy) is 2. The lowest BCUT2D eigenvalue weighted by Crippen LogP contribution is -2.32. The van der Waals surface area contributed by atoms with Gasteiger partial charge in [0, 0.05) is 11.7 Å². The van der Waals surface area contributed by atoms with Crippen LogP contribution in [0.5, 0.6) is 5.75 Å². The minimum atomic E-state index is -0.695. The van der Waals surface area contributed by atoms with Crippen LogP contribution in [0, 0.1) is 0 Å². The number of benzene rings is 1. The van der Waals surface area contributed by atoms with Crippen molar-refractivity contribution in [3.63, 3.8) is 0 Å². The molecule has 20 heavy (non-hydrogen) atoms. The first-order chi connectivity index (χ1) is 9.58. The number of nitrogen functional groups attached to an aromatic ring is 1. The smallest absolute Gasteiger partial charge is 0.404 e. The molecule has 1 fully saturated rings. The molecule has 1 aliphatic carbocycles. The zero-order valence-electron chi connectivity index (χ0n) is 11.6. The summed E-state index contributed by atoms with van der Waals surface area (Å²) < 4.78 is 10.3. The highest BCUT2D eigenvalue weighted by atomic mass is 16.6. The van der Waals surface area contributed by atoms with Gasteiger partial charge in [0.05, 0.1) is 12.8 Å². The number of rotatable bonds is 4. The summed E-state index contributed by atoms with van der Waals surface area (Å²) >= 11 is 0. The third-order valence-electron chi connectivity index (χ3n) is 3.54. The van der Waals surface area contributed by atoms with Crippen molar-refractivity contribution >= 4 is 17.5 Å². The van der Waals surface area contributed by atoms with Gasteiger partial charge in [0.2, 0.25) is 0 Å². The Bertz CT molecular complexity index is 471. The van der Waals surface area contributed by atoms with E-state index in [2.05, 4.69) is 5.32 Å². The van der Waals surface area contributed by atoms with Gasteiger partial charge in [0.1, 0.15) is 11.9 Å². The lowest BCUT2D eigenvalue weighted by atomic mass is 9.92. The first-order valence-corrected chi connectivity index (χ1v) is 6.74. The Kier molecular flexibility index (Phi) is 4.55. The molecular weight excluding hydrogens is 258 g/mol. The van der Waals surface area contributed by atoms with E-state index >= 15 is 0 Å². The Labute approximate surface area is 118 Å². The summed E-state index contributed by atoms with van der Waals surface area (Å²) in [6.07, 6.45) is 2.69. The molecule has 0 atom stereocenters. The Morgan fingerprint density at radius 1 is 1.30 bits per heavy atom. The largest absolute Gasteiger partial charge is 0.495 e. The minimum absolute atomic E-state index is 0.0618. The van der Waals surface area contributed by atoms with Crippen LogP contribution in [0.4, 0.5) is 16.2 Å². The summed E-state index contributed by atoms with van der Waals surface area (Å²) in [5.41, 5.74) is 12.4. The predicted molar refractivity (Wildman–Crippen MR) is 77.7 cm³/mol. The van der Waals surface area contributed by atoms with Crippen molar-refractivity contribution in [2.75, 3.05) is 18.2 Å². The fraction of sp³-hybridized carbons (Fsp3) is 0.500. The molecule has 0 aromatic heterocycles. The summed E-state index contributed by atoms with van der Waals surface area (Å²) in [6, 6.07) is 5.84. The molecule has 1 amide bonds. The third kappa shape index (κ3) is 3.69. The maximum absolute atomic E-state index is 10.7. The lowest BCUT2D eigenvalue weighted by molar-refractivity contribution is 0.0806. The molecule has 2 rings (SSSR count). The Morgan fingerprint density at radius 2 is 2.00 bits per heavy atom. The molecule has 0 radical (unpaired) electrons. The molecular formula is C14H21N3O3. The number of primary amides is 1. The van der Waals surface area contributed by atoms with E-state index in [1.165, 1.54) is 0 Å². The van der Waals surface area contributed by atoms with Crippen LogP contribution >= 0.6 is 0 Å². The first-order valence-electron chi connectivity index (χ1n) is 6.74. The van der Waals surface area contributed by atoms with Gasteiger partial charge in [-0.1, -0.05) is 0 Å². The van der Waals surface area contributed by atoms with E-state index in [1.54, 1.807) is 7.11 Å². The normalized spacial score (nSPS) is 22.1. The molecule has 1 aromatic carbocycles. The van der Waals surface area contributed by atoms with E-state index in [4.69, 9.17) is 20.9 Å². The highest BCUT2D eigenvalue weighted by molar-refractivity contribution is 5.65. The topological polar surface area (TPSA) is 99.6 Å². The Balaban J connectivity index is 1.92. The van der Waals surface area contributed by atoms with Crippen LogP contribution < -0.4 is 21.5 Å². The van der Waals surface area contributed by atoms with Gasteiger partial charge in [-0.25, -0.2) is 4.79 Å². The average molecular weight is 279 g/mol. The van der Waals surface area contributed by atoms with Crippen LogP contribution in [0.2, 0.25) is 0 Å². The number of hydrogen-bond acceptors (Lipinski definition) is 5. The van der Waals surface area contributed by atoms with Crippen molar-refractivity contribution < 1.29 is 14.3 Å². The number of carbonyl (C=O) groups excluding carboxylic acids is 1. The van der Waals surface area contributed by atoms with Crippen molar-refractivity contribution in [2.45, 2.75) is 37.8 Å². The highest BCUT2D eigenvalue weighted by Gasteiger charge is 2.23. The van der Waals surface area contributed by atoms with Gasteiger partial charge in [-0.2, -0.15) is 0 Å². The lowest BCUT2D eigenvalue weighted by Gasteiger charge is -2.29. The average Bonchev–Trinajstić information content (AvgIpc) is 2.41. The van der Waals surface area contributed by atoms with E-state index in [0.29, 0.717) is 11.7 Å². The van der Waals surface area contributed by atoms with E-state index in [1.807, 2.05) is 18.2 Å². The van der Waals surface area contributed by atoms with E-state index in [9.17, 15) is 4.79 Å². The number of methoxy groups -OCH3 is 1. The minimum Gasteiger partial charge on any atom is -0.495 e. The number of amides is 1. The molecule has 0 spiro atoms. The van der Waals surface area contributed by atoms with Gasteiger partial charge in [-0.05, 0) is 43.9 Å². The summed E-state index contributed by atoms with van der Waals surface area (Å²) in [4.78, 5) is 10.7. The molecule has 1 saturated carbocycles. The van der Waals surface area contributed by atoms with Crippen molar-refractivity contribution in [3.8, 4) is 5.75 Å². The second-order valence-electron chi connectivity index (χ2n) is 5.01. The molecule has 0 bridgehead atoms. The molecule has 0 aliphatic heterocycles. The summed E-state index contributed by atoms with van der Waals surface area (Å²) in [5.74, 6) is 0.773. The number of nitrogens with one attached hydrogen (secondary N) is 1. The van der Waals surface area contributed by atoms with E-state index in [-0.39, 0.29) is 6.10 Å². The molecule has 5 N–H and O–H groups in total. The standard InChI is InChI=1S/C14H21N3O3/c1-19-13-7-2-9(15)8-12(13)17-10-3-5-11(6-4-10)20-14(16)18/h2,7-8,10-11,17H,3-6,15H2,1H3,(H2,16,18). The third-order valence-corrected chi connectivity index (χ3v) is 3.54. The van der Waals surface area contributed by atoms with Crippen molar-refractivity contribution in [1.29, 1.82) is 0 Å². The fourth-order valence-corrected chi connectivity index (χ4v) is 2.55. The second-order valence-corrected chi connectivity index (χ2v) is 5.01. The maximum atomic E-state index is 10.7. The van der Waals surface area contributed by atoms with Crippen LogP contribution in [0.3, 0.4) is 0 Å². The molecule has 110 valence electrons. The van der Waals surface area contributed by atoms with Gasteiger partial charge >= 0.3 is 6.09 Å². The number of anilines is 2. The van der Waals surface area contributed by atoms with Crippen molar-refractivity contribution in [3.05, 3.63) is 18.2 Å². The maximum Gasteiger partial charge on any atom is 0.404 e. The van der Waals surface area contributed by atoms with Crippen LogP contribution in [0.15, 0.2) is 18.2 Å². The van der Waals surface area contributed by atoms with E-state index < -0.39 is 6.09 Å². The zero-order valence-corrected chi connectivity index (χ0v) is 11.6. The van der Waals surface area contributed by atoms with Gasteiger partial charge in [-0.15, -0.1) is 0 Å². The van der Waals surface area contributed by atoms with Gasteiger partial charge in [0.15, 0.2) is 0 Å². The van der Waals surface area contributed by atoms with Crippen LogP contribution in [0.25, 0.3) is 0 Å². The summed E-state index contributed by atoms with van der Waals surface area (Å²) in [5, 5.41) is 3.44.